The molecule has 0 saturated carbocycles. The van der Waals surface area contributed by atoms with Crippen LogP contribution in [0, 0.1) is 6.92 Å². The molecule has 18 heavy (non-hydrogen) atoms. The molecule has 0 aliphatic rings. The van der Waals surface area contributed by atoms with Gasteiger partial charge in [-0.2, -0.15) is 0 Å². The Morgan fingerprint density at radius 2 is 2.22 bits per heavy atom. The first kappa shape index (κ1) is 12.7. The van der Waals surface area contributed by atoms with E-state index in [4.69, 9.17) is 5.11 Å². The molecule has 0 amide bonds. The molecular weight excluding hydrogens is 300 g/mol. The molecule has 94 valence electrons. The number of carboxylic acids is 1. The average molecular weight is 311 g/mol. The summed E-state index contributed by atoms with van der Waals surface area (Å²) in [6.45, 7) is 3.50. The minimum Gasteiger partial charge on any atom is -0.480 e. The van der Waals surface area contributed by atoms with Crippen LogP contribution in [0.3, 0.4) is 0 Å². The molecule has 6 nitrogen and oxygen atoms in total. The second-order valence-corrected chi connectivity index (χ2v) is 4.78. The van der Waals surface area contributed by atoms with Crippen molar-refractivity contribution >= 4 is 21.9 Å². The summed E-state index contributed by atoms with van der Waals surface area (Å²) >= 11 is 3.43. The lowest BCUT2D eigenvalue weighted by Gasteiger charge is -2.09. The van der Waals surface area contributed by atoms with Crippen LogP contribution in [0.4, 0.5) is 0 Å². The highest BCUT2D eigenvalue weighted by atomic mass is 79.9. The van der Waals surface area contributed by atoms with Crippen molar-refractivity contribution in [1.29, 1.82) is 0 Å². The molecule has 1 aromatic heterocycles. The molecule has 1 heterocycles. The van der Waals surface area contributed by atoms with Crippen LogP contribution in [0.1, 0.15) is 18.5 Å². The molecule has 2 aromatic rings. The molecule has 1 atom stereocenters. The summed E-state index contributed by atoms with van der Waals surface area (Å²) in [4.78, 5) is 11.0. The van der Waals surface area contributed by atoms with Gasteiger partial charge in [0.15, 0.2) is 11.9 Å². The van der Waals surface area contributed by atoms with Gasteiger partial charge in [0.1, 0.15) is 0 Å². The van der Waals surface area contributed by atoms with E-state index in [0.29, 0.717) is 5.82 Å². The summed E-state index contributed by atoms with van der Waals surface area (Å²) in [6, 6.07) is 4.84. The molecule has 7 heteroatoms. The summed E-state index contributed by atoms with van der Waals surface area (Å²) in [5.74, 6) is -0.541. The van der Waals surface area contributed by atoms with Gasteiger partial charge in [-0.25, -0.2) is 9.48 Å². The molecule has 2 rings (SSSR count). The first-order chi connectivity index (χ1) is 8.50. The number of hydrogen-bond acceptors (Lipinski definition) is 4. The standard InChI is InChI=1S/C11H11BrN4O2/c1-6-3-4-8(5-9(6)12)10-13-14-15-16(10)7(2)11(17)18/h3-5,7H,1-2H3,(H,17,18). The lowest BCUT2D eigenvalue weighted by Crippen LogP contribution is -2.18. The Kier molecular flexibility index (Phi) is 3.42. The van der Waals surface area contributed by atoms with Crippen LogP contribution in [0.2, 0.25) is 0 Å². The molecule has 0 aliphatic carbocycles. The van der Waals surface area contributed by atoms with Crippen LogP contribution in [0.15, 0.2) is 22.7 Å². The van der Waals surface area contributed by atoms with Crippen molar-refractivity contribution in [2.75, 3.05) is 0 Å². The number of aryl methyl sites for hydroxylation is 1. The van der Waals surface area contributed by atoms with Gasteiger partial charge in [-0.1, -0.05) is 28.1 Å². The Labute approximate surface area is 112 Å². The first-order valence-electron chi connectivity index (χ1n) is 5.28. The van der Waals surface area contributed by atoms with Crippen molar-refractivity contribution in [1.82, 2.24) is 20.2 Å². The monoisotopic (exact) mass is 310 g/mol. The quantitative estimate of drug-likeness (QED) is 0.938. The van der Waals surface area contributed by atoms with Crippen molar-refractivity contribution in [3.05, 3.63) is 28.2 Å². The third-order valence-corrected chi connectivity index (χ3v) is 3.50. The molecule has 0 fully saturated rings. The zero-order valence-electron chi connectivity index (χ0n) is 9.83. The SMILES string of the molecule is Cc1ccc(-c2nnnn2C(C)C(=O)O)cc1Br. The highest BCUT2D eigenvalue weighted by molar-refractivity contribution is 9.10. The number of nitrogens with zero attached hydrogens (tertiary/aromatic N) is 4. The van der Waals surface area contributed by atoms with Gasteiger partial charge in [-0.15, -0.1) is 5.10 Å². The van der Waals surface area contributed by atoms with E-state index in [-0.39, 0.29) is 0 Å². The molecule has 1 aromatic carbocycles. The van der Waals surface area contributed by atoms with E-state index in [1.165, 1.54) is 11.6 Å². The van der Waals surface area contributed by atoms with Crippen LogP contribution in [0.25, 0.3) is 11.4 Å². The molecule has 0 radical (unpaired) electrons. The molecule has 0 bridgehead atoms. The number of aromatic nitrogens is 4. The Hall–Kier alpha value is -1.76. The number of tetrazole rings is 1. The predicted octanol–water partition coefficient (Wildman–Crippen LogP) is 2.06. The van der Waals surface area contributed by atoms with Gasteiger partial charge in [0.25, 0.3) is 0 Å². The molecule has 0 aliphatic heterocycles. The minimum absolute atomic E-state index is 0.436. The lowest BCUT2D eigenvalue weighted by molar-refractivity contribution is -0.140. The van der Waals surface area contributed by atoms with Crippen molar-refractivity contribution in [3.8, 4) is 11.4 Å². The van der Waals surface area contributed by atoms with E-state index < -0.39 is 12.0 Å². The fourth-order valence-corrected chi connectivity index (χ4v) is 1.86. The van der Waals surface area contributed by atoms with Gasteiger partial charge in [0, 0.05) is 10.0 Å². The van der Waals surface area contributed by atoms with Gasteiger partial charge in [-0.3, -0.25) is 0 Å². The molecule has 1 unspecified atom stereocenters. The van der Waals surface area contributed by atoms with E-state index in [9.17, 15) is 4.79 Å². The van der Waals surface area contributed by atoms with E-state index in [1.807, 2.05) is 25.1 Å². The van der Waals surface area contributed by atoms with Crippen LogP contribution < -0.4 is 0 Å². The van der Waals surface area contributed by atoms with E-state index in [2.05, 4.69) is 31.5 Å². The molecule has 0 saturated heterocycles. The van der Waals surface area contributed by atoms with E-state index in [0.717, 1.165) is 15.6 Å². The maximum atomic E-state index is 11.0. The Bertz CT molecular complexity index is 596. The van der Waals surface area contributed by atoms with Gasteiger partial charge in [-0.05, 0) is 35.9 Å². The number of aliphatic carboxylic acids is 1. The zero-order chi connectivity index (χ0) is 13.3. The van der Waals surface area contributed by atoms with E-state index >= 15 is 0 Å². The van der Waals surface area contributed by atoms with Crippen LogP contribution in [0.5, 0.6) is 0 Å². The van der Waals surface area contributed by atoms with Crippen LogP contribution in [-0.4, -0.2) is 31.3 Å². The van der Waals surface area contributed by atoms with Crippen molar-refractivity contribution < 1.29 is 9.90 Å². The normalized spacial score (nSPS) is 12.4. The molecular formula is C11H11BrN4O2. The highest BCUT2D eigenvalue weighted by Crippen LogP contribution is 2.25. The van der Waals surface area contributed by atoms with Crippen molar-refractivity contribution in [2.45, 2.75) is 19.9 Å². The fourth-order valence-electron chi connectivity index (χ4n) is 1.48. The smallest absolute Gasteiger partial charge is 0.328 e. The Morgan fingerprint density at radius 3 is 2.83 bits per heavy atom. The summed E-state index contributed by atoms with van der Waals surface area (Å²) in [6.07, 6.45) is 0. The summed E-state index contributed by atoms with van der Waals surface area (Å²) < 4.78 is 2.22. The van der Waals surface area contributed by atoms with Crippen LogP contribution >= 0.6 is 15.9 Å². The third-order valence-electron chi connectivity index (χ3n) is 2.65. The first-order valence-corrected chi connectivity index (χ1v) is 6.07. The number of carbonyl (C=O) groups is 1. The second kappa shape index (κ2) is 4.85. The second-order valence-electron chi connectivity index (χ2n) is 3.93. The third kappa shape index (κ3) is 2.26. The molecule has 0 spiro atoms. The average Bonchev–Trinajstić information content (AvgIpc) is 2.80. The van der Waals surface area contributed by atoms with Gasteiger partial charge in [0.2, 0.25) is 0 Å². The number of benzene rings is 1. The highest BCUT2D eigenvalue weighted by Gasteiger charge is 2.20. The number of hydrogen-bond donors (Lipinski definition) is 1. The maximum Gasteiger partial charge on any atom is 0.328 e. The van der Waals surface area contributed by atoms with Crippen molar-refractivity contribution in [3.63, 3.8) is 0 Å². The van der Waals surface area contributed by atoms with Crippen molar-refractivity contribution in [2.24, 2.45) is 0 Å². The summed E-state index contributed by atoms with van der Waals surface area (Å²) in [7, 11) is 0. The number of halogens is 1. The maximum absolute atomic E-state index is 11.0. The topological polar surface area (TPSA) is 80.9 Å². The van der Waals surface area contributed by atoms with Gasteiger partial charge >= 0.3 is 5.97 Å². The summed E-state index contributed by atoms with van der Waals surface area (Å²) in [5.41, 5.74) is 1.86. The fraction of sp³-hybridized carbons (Fsp3) is 0.273. The van der Waals surface area contributed by atoms with Gasteiger partial charge < -0.3 is 5.11 Å². The molecule has 1 N–H and O–H groups in total. The van der Waals surface area contributed by atoms with E-state index in [1.54, 1.807) is 0 Å². The Balaban J connectivity index is 2.48. The lowest BCUT2D eigenvalue weighted by atomic mass is 10.1. The number of rotatable bonds is 3. The summed E-state index contributed by atoms with van der Waals surface area (Å²) in [5, 5.41) is 20.1. The van der Waals surface area contributed by atoms with Gasteiger partial charge in [0.05, 0.1) is 0 Å². The largest absolute Gasteiger partial charge is 0.480 e. The zero-order valence-corrected chi connectivity index (χ0v) is 11.4. The number of carboxylic acid groups (broad SMARTS) is 1. The Morgan fingerprint density at radius 1 is 1.50 bits per heavy atom. The predicted molar refractivity (Wildman–Crippen MR) is 68.0 cm³/mol. The van der Waals surface area contributed by atoms with Crippen LogP contribution in [-0.2, 0) is 4.79 Å². The minimum atomic E-state index is -0.977.